The van der Waals surface area contributed by atoms with E-state index < -0.39 is 16.1 Å². The number of rotatable bonds is 3. The van der Waals surface area contributed by atoms with Crippen LogP contribution in [0.1, 0.15) is 5.56 Å². The second-order valence-corrected chi connectivity index (χ2v) is 17.2. The molecule has 0 unspecified atom stereocenters. The minimum absolute atomic E-state index is 0.888. The molecule has 0 aliphatic heterocycles. The van der Waals surface area contributed by atoms with Gasteiger partial charge in [-0.25, -0.2) is 0 Å². The normalized spacial score (nSPS) is 13.4. The molecule has 0 heterocycles. The predicted molar refractivity (Wildman–Crippen MR) is 86.8 cm³/mol. The molecule has 0 bridgehead atoms. The molecule has 0 saturated heterocycles. The first-order valence-electron chi connectivity index (χ1n) is 6.09. The molecule has 0 nitrogen and oxygen atoms in total. The van der Waals surface area contributed by atoms with Gasteiger partial charge in [-0.2, -0.15) is 0 Å². The summed E-state index contributed by atoms with van der Waals surface area (Å²) < 4.78 is 0. The molecule has 0 aliphatic rings. The zero-order valence-electron chi connectivity index (χ0n) is 11.8. The van der Waals surface area contributed by atoms with Gasteiger partial charge in [0.1, 0.15) is 0 Å². The van der Waals surface area contributed by atoms with Crippen LogP contribution in [0, 0.1) is 0 Å². The average molecular weight is 283 g/mol. The molecule has 0 amide bonds. The maximum atomic E-state index is 6.35. The Morgan fingerprint density at radius 3 is 2.06 bits per heavy atom. The number of hydrogen-bond acceptors (Lipinski definition) is 0. The summed E-state index contributed by atoms with van der Waals surface area (Å²) >= 11 is 6.35. The molecule has 94 valence electrons. The highest BCUT2D eigenvalue weighted by Gasteiger charge is 2.20. The maximum Gasteiger partial charge on any atom is 0.0784 e. The Labute approximate surface area is 113 Å². The monoisotopic (exact) mass is 282 g/mol. The van der Waals surface area contributed by atoms with E-state index in [9.17, 15) is 0 Å². The summed E-state index contributed by atoms with van der Waals surface area (Å²) in [5, 5.41) is 2.35. The molecule has 3 heteroatoms. The van der Waals surface area contributed by atoms with Gasteiger partial charge in [0.25, 0.3) is 0 Å². The number of benzene rings is 1. The lowest BCUT2D eigenvalue weighted by Crippen LogP contribution is -2.39. The Kier molecular flexibility index (Phi) is 4.45. The summed E-state index contributed by atoms with van der Waals surface area (Å²) in [4.78, 5) is 0. The molecule has 17 heavy (non-hydrogen) atoms. The molecular weight excluding hydrogens is 260 g/mol. The van der Waals surface area contributed by atoms with E-state index in [1.54, 1.807) is 0 Å². The summed E-state index contributed by atoms with van der Waals surface area (Å²) in [7, 11) is -2.49. The van der Waals surface area contributed by atoms with Crippen molar-refractivity contribution in [3.05, 3.63) is 34.5 Å². The topological polar surface area (TPSA) is 0 Å². The quantitative estimate of drug-likeness (QED) is 0.700. The van der Waals surface area contributed by atoms with Crippen molar-refractivity contribution in [3.8, 4) is 0 Å². The third kappa shape index (κ3) is 4.45. The summed E-state index contributed by atoms with van der Waals surface area (Å²) in [6, 6.07) is 6.30. The molecule has 0 aliphatic carbocycles. The fourth-order valence-electron chi connectivity index (χ4n) is 1.69. The van der Waals surface area contributed by atoms with E-state index in [0.717, 1.165) is 5.02 Å². The van der Waals surface area contributed by atoms with Gasteiger partial charge in [0.05, 0.1) is 16.1 Å². The van der Waals surface area contributed by atoms with Crippen molar-refractivity contribution in [3.63, 3.8) is 0 Å². The maximum absolute atomic E-state index is 6.35. The average Bonchev–Trinajstić information content (AvgIpc) is 2.12. The molecule has 0 saturated carbocycles. The first-order valence-corrected chi connectivity index (χ1v) is 13.5. The van der Waals surface area contributed by atoms with Gasteiger partial charge in [0.2, 0.25) is 0 Å². The Morgan fingerprint density at radius 1 is 1.00 bits per heavy atom. The van der Waals surface area contributed by atoms with Gasteiger partial charge in [0.15, 0.2) is 0 Å². The molecule has 0 atom stereocenters. The molecule has 0 aromatic heterocycles. The van der Waals surface area contributed by atoms with Gasteiger partial charge in [0, 0.05) is 5.02 Å². The molecule has 0 N–H and O–H groups in total. The summed E-state index contributed by atoms with van der Waals surface area (Å²) in [5.41, 5.74) is 3.62. The lowest BCUT2D eigenvalue weighted by Gasteiger charge is -2.21. The van der Waals surface area contributed by atoms with Crippen molar-refractivity contribution in [2.45, 2.75) is 39.3 Å². The van der Waals surface area contributed by atoms with Crippen LogP contribution >= 0.6 is 11.6 Å². The predicted octanol–water partition coefficient (Wildman–Crippen LogP) is 4.78. The van der Waals surface area contributed by atoms with Gasteiger partial charge >= 0.3 is 0 Å². The molecule has 1 rings (SSSR count). The Hall–Kier alpha value is -0.316. The second kappa shape index (κ2) is 5.13. The van der Waals surface area contributed by atoms with Gasteiger partial charge in [-0.1, -0.05) is 80.0 Å². The highest BCUT2D eigenvalue weighted by molar-refractivity contribution is 6.89. The first-order chi connectivity index (χ1) is 7.61. The summed E-state index contributed by atoms with van der Waals surface area (Å²) in [6.07, 6.45) is 2.25. The SMILES string of the molecule is C[Si](C)(C)/C=C\c1c(Cl)cccc1[Si](C)(C)C. The molecule has 1 aromatic rings. The van der Waals surface area contributed by atoms with E-state index >= 15 is 0 Å². The Balaban J connectivity index is 3.27. The van der Waals surface area contributed by atoms with Gasteiger partial charge in [-0.3, -0.25) is 0 Å². The van der Waals surface area contributed by atoms with Crippen molar-refractivity contribution >= 4 is 39.0 Å². The van der Waals surface area contributed by atoms with Crippen molar-refractivity contribution in [2.24, 2.45) is 0 Å². The fourth-order valence-corrected chi connectivity index (χ4v) is 4.30. The van der Waals surface area contributed by atoms with Crippen molar-refractivity contribution in [1.29, 1.82) is 0 Å². The molecule has 0 fully saturated rings. The summed E-state index contributed by atoms with van der Waals surface area (Å²) in [5.74, 6) is 0. The Bertz CT molecular complexity index is 423. The van der Waals surface area contributed by atoms with Crippen LogP contribution in [0.5, 0.6) is 0 Å². The van der Waals surface area contributed by atoms with Crippen molar-refractivity contribution in [2.75, 3.05) is 0 Å². The molecule has 0 spiro atoms. The number of halogens is 1. The van der Waals surface area contributed by atoms with E-state index in [1.807, 2.05) is 6.07 Å². The lowest BCUT2D eigenvalue weighted by atomic mass is 10.2. The highest BCUT2D eigenvalue weighted by Crippen LogP contribution is 2.20. The standard InChI is InChI=1S/C14H23ClSi2/c1-16(2,3)11-10-12-13(15)8-7-9-14(12)17(4,5)6/h7-11H,1-6H3/b11-10-. The second-order valence-electron chi connectivity index (χ2n) is 6.65. The summed E-state index contributed by atoms with van der Waals surface area (Å²) in [6.45, 7) is 14.1. The van der Waals surface area contributed by atoms with Crippen LogP contribution in [0.15, 0.2) is 23.9 Å². The van der Waals surface area contributed by atoms with Crippen LogP contribution < -0.4 is 5.19 Å². The van der Waals surface area contributed by atoms with E-state index in [0.29, 0.717) is 0 Å². The van der Waals surface area contributed by atoms with Crippen LogP contribution in [0.25, 0.3) is 6.08 Å². The van der Waals surface area contributed by atoms with E-state index in [2.05, 4.69) is 63.2 Å². The lowest BCUT2D eigenvalue weighted by molar-refractivity contribution is 1.64. The zero-order chi connectivity index (χ0) is 13.3. The minimum atomic E-state index is -1.33. The third-order valence-corrected chi connectivity index (χ3v) is 6.16. The number of hydrogen-bond donors (Lipinski definition) is 0. The molecule has 1 aromatic carbocycles. The Morgan fingerprint density at radius 2 is 1.59 bits per heavy atom. The van der Waals surface area contributed by atoms with Crippen molar-refractivity contribution in [1.82, 2.24) is 0 Å². The van der Waals surface area contributed by atoms with Gasteiger partial charge < -0.3 is 0 Å². The van der Waals surface area contributed by atoms with Crippen LogP contribution in [-0.2, 0) is 0 Å². The third-order valence-electron chi connectivity index (χ3n) is 2.61. The van der Waals surface area contributed by atoms with Gasteiger partial charge in [-0.15, -0.1) is 0 Å². The van der Waals surface area contributed by atoms with Crippen LogP contribution in [0.3, 0.4) is 0 Å². The van der Waals surface area contributed by atoms with Gasteiger partial charge in [-0.05, 0) is 11.6 Å². The van der Waals surface area contributed by atoms with E-state index in [-0.39, 0.29) is 0 Å². The largest absolute Gasteiger partial charge is 0.0944 e. The minimum Gasteiger partial charge on any atom is -0.0944 e. The fraction of sp³-hybridized carbons (Fsp3) is 0.429. The first kappa shape index (κ1) is 14.7. The van der Waals surface area contributed by atoms with E-state index in [4.69, 9.17) is 11.6 Å². The zero-order valence-corrected chi connectivity index (χ0v) is 14.5. The van der Waals surface area contributed by atoms with Crippen LogP contribution in [0.2, 0.25) is 44.3 Å². The smallest absolute Gasteiger partial charge is 0.0784 e. The van der Waals surface area contributed by atoms with E-state index in [1.165, 1.54) is 10.8 Å². The molecule has 0 radical (unpaired) electrons. The van der Waals surface area contributed by atoms with Crippen LogP contribution in [0.4, 0.5) is 0 Å². The highest BCUT2D eigenvalue weighted by atomic mass is 35.5. The molecular formula is C14H23ClSi2. The van der Waals surface area contributed by atoms with Crippen molar-refractivity contribution < 1.29 is 0 Å². The van der Waals surface area contributed by atoms with Crippen LogP contribution in [-0.4, -0.2) is 16.1 Å².